The first-order valence-electron chi connectivity index (χ1n) is 7.18. The number of hydrogen-bond donors (Lipinski definition) is 2. The number of halogens is 3. The summed E-state index contributed by atoms with van der Waals surface area (Å²) in [7, 11) is 0. The van der Waals surface area contributed by atoms with Crippen LogP contribution in [-0.2, 0) is 0 Å². The van der Waals surface area contributed by atoms with Gasteiger partial charge in [-0.3, -0.25) is 4.90 Å². The molecule has 2 saturated heterocycles. The summed E-state index contributed by atoms with van der Waals surface area (Å²) in [5.41, 5.74) is 0. The Morgan fingerprint density at radius 3 is 2.47 bits per heavy atom. The van der Waals surface area contributed by atoms with E-state index in [-0.39, 0.29) is 0 Å². The topological polar surface area (TPSA) is 35.5 Å². The van der Waals surface area contributed by atoms with E-state index in [0.717, 1.165) is 38.8 Å². The van der Waals surface area contributed by atoms with Gasteiger partial charge in [-0.1, -0.05) is 6.42 Å². The second kappa shape index (κ2) is 6.41. The molecule has 112 valence electrons. The fourth-order valence-electron chi connectivity index (χ4n) is 3.22. The van der Waals surface area contributed by atoms with Crippen LogP contribution >= 0.6 is 0 Å². The summed E-state index contributed by atoms with van der Waals surface area (Å²) in [5, 5.41) is 12.8. The lowest BCUT2D eigenvalue weighted by Crippen LogP contribution is -2.53. The summed E-state index contributed by atoms with van der Waals surface area (Å²) in [4.78, 5) is 1.87. The fourth-order valence-corrected chi connectivity index (χ4v) is 3.22. The van der Waals surface area contributed by atoms with Gasteiger partial charge in [-0.05, 0) is 51.2 Å². The molecule has 2 fully saturated rings. The highest BCUT2D eigenvalue weighted by molar-refractivity contribution is 4.88. The minimum atomic E-state index is -4.51. The summed E-state index contributed by atoms with van der Waals surface area (Å²) in [6.45, 7) is 3.28. The van der Waals surface area contributed by atoms with Gasteiger partial charge in [-0.25, -0.2) is 0 Å². The van der Waals surface area contributed by atoms with Crippen LogP contribution in [0.1, 0.15) is 32.1 Å². The van der Waals surface area contributed by atoms with E-state index >= 15 is 0 Å². The normalized spacial score (nSPS) is 29.4. The van der Waals surface area contributed by atoms with E-state index < -0.39 is 18.3 Å². The summed E-state index contributed by atoms with van der Waals surface area (Å²) in [6.07, 6.45) is -2.50. The molecule has 2 heterocycles. The van der Waals surface area contributed by atoms with E-state index in [1.807, 2.05) is 4.90 Å². The van der Waals surface area contributed by atoms with Gasteiger partial charge in [0.25, 0.3) is 0 Å². The first-order valence-corrected chi connectivity index (χ1v) is 7.18. The number of piperidine rings is 2. The van der Waals surface area contributed by atoms with E-state index in [1.54, 1.807) is 0 Å². The van der Waals surface area contributed by atoms with Crippen molar-refractivity contribution in [3.8, 4) is 0 Å². The first kappa shape index (κ1) is 15.1. The maximum atomic E-state index is 12.7. The van der Waals surface area contributed by atoms with E-state index in [2.05, 4.69) is 5.32 Å². The molecule has 2 N–H and O–H groups in total. The van der Waals surface area contributed by atoms with Crippen molar-refractivity contribution in [3.63, 3.8) is 0 Å². The van der Waals surface area contributed by atoms with Crippen molar-refractivity contribution in [1.82, 2.24) is 10.2 Å². The third-order valence-electron chi connectivity index (χ3n) is 4.32. The smallest absolute Gasteiger partial charge is 0.382 e. The molecule has 0 saturated carbocycles. The molecule has 2 unspecified atom stereocenters. The van der Waals surface area contributed by atoms with E-state index in [4.69, 9.17) is 0 Å². The summed E-state index contributed by atoms with van der Waals surface area (Å²) in [5.74, 6) is 0.460. The van der Waals surface area contributed by atoms with Crippen LogP contribution in [0.5, 0.6) is 0 Å². The lowest BCUT2D eigenvalue weighted by Gasteiger charge is -2.41. The summed E-state index contributed by atoms with van der Waals surface area (Å²) < 4.78 is 38.1. The Balaban J connectivity index is 1.95. The molecule has 0 aromatic heterocycles. The van der Waals surface area contributed by atoms with Crippen molar-refractivity contribution in [2.75, 3.05) is 26.2 Å². The van der Waals surface area contributed by atoms with Gasteiger partial charge in [0.05, 0.1) is 0 Å². The van der Waals surface area contributed by atoms with Gasteiger partial charge in [0.1, 0.15) is 0 Å². The van der Waals surface area contributed by atoms with E-state index in [0.29, 0.717) is 25.4 Å². The molecule has 0 aromatic rings. The van der Waals surface area contributed by atoms with Gasteiger partial charge >= 0.3 is 6.18 Å². The average Bonchev–Trinajstić information content (AvgIpc) is 2.39. The lowest BCUT2D eigenvalue weighted by molar-refractivity contribution is -0.225. The molecule has 0 bridgehead atoms. The van der Waals surface area contributed by atoms with E-state index in [1.165, 1.54) is 0 Å². The van der Waals surface area contributed by atoms with Crippen LogP contribution in [0, 0.1) is 5.92 Å². The van der Waals surface area contributed by atoms with Crippen LogP contribution in [0.4, 0.5) is 13.2 Å². The second-order valence-electron chi connectivity index (χ2n) is 5.74. The van der Waals surface area contributed by atoms with Crippen molar-refractivity contribution >= 4 is 0 Å². The van der Waals surface area contributed by atoms with Crippen LogP contribution in [0.3, 0.4) is 0 Å². The maximum Gasteiger partial charge on any atom is 0.415 e. The van der Waals surface area contributed by atoms with Gasteiger partial charge in [0.15, 0.2) is 6.10 Å². The zero-order valence-electron chi connectivity index (χ0n) is 11.1. The average molecular weight is 280 g/mol. The van der Waals surface area contributed by atoms with Gasteiger partial charge in [-0.2, -0.15) is 13.2 Å². The zero-order chi connectivity index (χ0) is 13.9. The highest BCUT2D eigenvalue weighted by Gasteiger charge is 2.46. The van der Waals surface area contributed by atoms with Gasteiger partial charge in [-0.15, -0.1) is 0 Å². The minimum absolute atomic E-state index is 0.450. The number of aliphatic hydroxyl groups is 1. The number of nitrogens with one attached hydrogen (secondary N) is 1. The van der Waals surface area contributed by atoms with E-state index in [9.17, 15) is 18.3 Å². The SMILES string of the molecule is OC(C1CCCCN1CC1CCNCC1)C(F)(F)F. The number of likely N-dealkylation sites (tertiary alicyclic amines) is 1. The number of aliphatic hydroxyl groups excluding tert-OH is 1. The third-order valence-corrected chi connectivity index (χ3v) is 4.32. The predicted octanol–water partition coefficient (Wildman–Crippen LogP) is 1.76. The summed E-state index contributed by atoms with van der Waals surface area (Å²) in [6, 6.07) is -0.747. The number of hydrogen-bond acceptors (Lipinski definition) is 3. The molecule has 0 spiro atoms. The van der Waals surface area contributed by atoms with Crippen LogP contribution in [-0.4, -0.2) is 54.5 Å². The quantitative estimate of drug-likeness (QED) is 0.827. The molecule has 2 atom stereocenters. The maximum absolute atomic E-state index is 12.7. The number of nitrogens with zero attached hydrogens (tertiary/aromatic N) is 1. The van der Waals surface area contributed by atoms with Gasteiger partial charge in [0.2, 0.25) is 0 Å². The lowest BCUT2D eigenvalue weighted by atomic mass is 9.92. The molecule has 0 radical (unpaired) electrons. The van der Waals surface area contributed by atoms with Crippen molar-refractivity contribution in [2.24, 2.45) is 5.92 Å². The molecule has 2 aliphatic heterocycles. The second-order valence-corrected chi connectivity index (χ2v) is 5.74. The van der Waals surface area contributed by atoms with Crippen LogP contribution in [0.25, 0.3) is 0 Å². The Hall–Kier alpha value is -0.330. The van der Waals surface area contributed by atoms with Crippen molar-refractivity contribution in [3.05, 3.63) is 0 Å². The molecule has 0 aliphatic carbocycles. The number of alkyl halides is 3. The molecule has 6 heteroatoms. The first-order chi connectivity index (χ1) is 8.98. The van der Waals surface area contributed by atoms with Gasteiger partial charge in [0, 0.05) is 12.6 Å². The third kappa shape index (κ3) is 4.07. The fraction of sp³-hybridized carbons (Fsp3) is 1.00. The van der Waals surface area contributed by atoms with Gasteiger partial charge < -0.3 is 10.4 Å². The zero-order valence-corrected chi connectivity index (χ0v) is 11.1. The summed E-state index contributed by atoms with van der Waals surface area (Å²) >= 11 is 0. The molecule has 0 aromatic carbocycles. The van der Waals surface area contributed by atoms with Crippen LogP contribution < -0.4 is 5.32 Å². The molecular formula is C13H23F3N2O. The molecule has 3 nitrogen and oxygen atoms in total. The highest BCUT2D eigenvalue weighted by Crippen LogP contribution is 2.31. The Morgan fingerprint density at radius 2 is 1.84 bits per heavy atom. The standard InChI is InChI=1S/C13H23F3N2O/c14-13(15,16)12(19)11-3-1-2-8-18(11)9-10-4-6-17-7-5-10/h10-12,17,19H,1-9H2. The van der Waals surface area contributed by atoms with Crippen molar-refractivity contribution in [2.45, 2.75) is 50.4 Å². The Morgan fingerprint density at radius 1 is 1.16 bits per heavy atom. The number of rotatable bonds is 3. The predicted molar refractivity (Wildman–Crippen MR) is 66.9 cm³/mol. The molecule has 19 heavy (non-hydrogen) atoms. The molecule has 2 rings (SSSR count). The Bertz CT molecular complexity index is 280. The van der Waals surface area contributed by atoms with Crippen LogP contribution in [0.2, 0.25) is 0 Å². The molecule has 0 amide bonds. The Kier molecular flexibility index (Phi) is 5.09. The molecular weight excluding hydrogens is 257 g/mol. The minimum Gasteiger partial charge on any atom is -0.382 e. The van der Waals surface area contributed by atoms with Crippen molar-refractivity contribution < 1.29 is 18.3 Å². The largest absolute Gasteiger partial charge is 0.415 e. The molecule has 2 aliphatic rings. The monoisotopic (exact) mass is 280 g/mol. The van der Waals surface area contributed by atoms with Crippen molar-refractivity contribution in [1.29, 1.82) is 0 Å². The highest BCUT2D eigenvalue weighted by atomic mass is 19.4. The Labute approximate surface area is 112 Å². The van der Waals surface area contributed by atoms with Crippen LogP contribution in [0.15, 0.2) is 0 Å².